The van der Waals surface area contributed by atoms with Crippen molar-refractivity contribution in [2.24, 2.45) is 17.1 Å². The largest absolute Gasteiger partial charge is 0.466 e. The Morgan fingerprint density at radius 2 is 2.26 bits per heavy atom. The molecule has 1 aliphatic rings. The van der Waals surface area contributed by atoms with Gasteiger partial charge in [-0.3, -0.25) is 4.79 Å². The first-order valence-electron chi connectivity index (χ1n) is 7.53. The third kappa shape index (κ3) is 4.77. The van der Waals surface area contributed by atoms with Gasteiger partial charge in [-0.05, 0) is 44.9 Å². The summed E-state index contributed by atoms with van der Waals surface area (Å²) in [5.74, 6) is 0.293. The second-order valence-corrected chi connectivity index (χ2v) is 5.98. The summed E-state index contributed by atoms with van der Waals surface area (Å²) in [7, 11) is 0. The van der Waals surface area contributed by atoms with Crippen molar-refractivity contribution < 1.29 is 14.3 Å². The molecule has 112 valence electrons. The zero-order valence-corrected chi connectivity index (χ0v) is 12.6. The van der Waals surface area contributed by atoms with Gasteiger partial charge in [0.25, 0.3) is 0 Å². The van der Waals surface area contributed by atoms with Crippen LogP contribution in [0.4, 0.5) is 0 Å². The summed E-state index contributed by atoms with van der Waals surface area (Å²) in [6, 6.07) is 0. The minimum atomic E-state index is -0.532. The van der Waals surface area contributed by atoms with Gasteiger partial charge in [0, 0.05) is 13.2 Å². The summed E-state index contributed by atoms with van der Waals surface area (Å²) in [5, 5.41) is 0. The van der Waals surface area contributed by atoms with Crippen LogP contribution in [0.15, 0.2) is 0 Å². The van der Waals surface area contributed by atoms with Crippen LogP contribution in [-0.2, 0) is 14.3 Å². The molecule has 0 radical (unpaired) electrons. The molecule has 4 nitrogen and oxygen atoms in total. The maximum Gasteiger partial charge on any atom is 0.313 e. The number of hydrogen-bond donors (Lipinski definition) is 1. The molecule has 1 aliphatic heterocycles. The van der Waals surface area contributed by atoms with E-state index in [1.54, 1.807) is 0 Å². The molecule has 1 heterocycles. The van der Waals surface area contributed by atoms with E-state index < -0.39 is 5.41 Å². The van der Waals surface area contributed by atoms with Gasteiger partial charge in [-0.2, -0.15) is 0 Å². The van der Waals surface area contributed by atoms with E-state index in [2.05, 4.69) is 13.8 Å². The lowest BCUT2D eigenvalue weighted by Gasteiger charge is -2.32. The molecule has 2 unspecified atom stereocenters. The highest BCUT2D eigenvalue weighted by Gasteiger charge is 2.39. The molecule has 0 bridgehead atoms. The summed E-state index contributed by atoms with van der Waals surface area (Å²) in [6.07, 6.45) is 4.99. The van der Waals surface area contributed by atoms with Crippen molar-refractivity contribution in [3.05, 3.63) is 0 Å². The zero-order valence-electron chi connectivity index (χ0n) is 12.6. The second kappa shape index (κ2) is 7.85. The predicted molar refractivity (Wildman–Crippen MR) is 75.8 cm³/mol. The SMILES string of the molecule is CCOC(=O)C(CN)(CCC1CCCO1)CC(C)C. The average molecular weight is 271 g/mol. The van der Waals surface area contributed by atoms with Crippen molar-refractivity contribution in [3.63, 3.8) is 0 Å². The lowest BCUT2D eigenvalue weighted by atomic mass is 9.75. The molecule has 0 aliphatic carbocycles. The van der Waals surface area contributed by atoms with E-state index in [9.17, 15) is 4.79 Å². The van der Waals surface area contributed by atoms with Crippen LogP contribution in [0.2, 0.25) is 0 Å². The van der Waals surface area contributed by atoms with Crippen LogP contribution in [0.25, 0.3) is 0 Å². The smallest absolute Gasteiger partial charge is 0.313 e. The molecule has 1 rings (SSSR count). The van der Waals surface area contributed by atoms with Gasteiger partial charge in [0.1, 0.15) is 0 Å². The highest BCUT2D eigenvalue weighted by Crippen LogP contribution is 2.34. The fourth-order valence-electron chi connectivity index (χ4n) is 2.93. The van der Waals surface area contributed by atoms with E-state index in [1.165, 1.54) is 0 Å². The van der Waals surface area contributed by atoms with Gasteiger partial charge in [-0.25, -0.2) is 0 Å². The van der Waals surface area contributed by atoms with Crippen molar-refractivity contribution >= 4 is 5.97 Å². The number of ether oxygens (including phenoxy) is 2. The molecule has 19 heavy (non-hydrogen) atoms. The predicted octanol–water partition coefficient (Wildman–Crippen LogP) is 2.50. The van der Waals surface area contributed by atoms with Gasteiger partial charge in [0.15, 0.2) is 0 Å². The molecule has 2 N–H and O–H groups in total. The number of carbonyl (C=O) groups is 1. The van der Waals surface area contributed by atoms with Gasteiger partial charge in [-0.15, -0.1) is 0 Å². The van der Waals surface area contributed by atoms with Gasteiger partial charge >= 0.3 is 5.97 Å². The highest BCUT2D eigenvalue weighted by atomic mass is 16.5. The molecular weight excluding hydrogens is 242 g/mol. The topological polar surface area (TPSA) is 61.5 Å². The van der Waals surface area contributed by atoms with Crippen LogP contribution < -0.4 is 5.73 Å². The maximum atomic E-state index is 12.3. The van der Waals surface area contributed by atoms with E-state index in [0.29, 0.717) is 25.2 Å². The van der Waals surface area contributed by atoms with E-state index in [4.69, 9.17) is 15.2 Å². The Labute approximate surface area is 117 Å². The average Bonchev–Trinajstić information content (AvgIpc) is 2.87. The Balaban J connectivity index is 2.67. The van der Waals surface area contributed by atoms with Crippen LogP contribution in [0.1, 0.15) is 52.9 Å². The monoisotopic (exact) mass is 271 g/mol. The number of esters is 1. The summed E-state index contributed by atoms with van der Waals surface area (Å²) in [5.41, 5.74) is 5.40. The van der Waals surface area contributed by atoms with Crippen LogP contribution in [0, 0.1) is 11.3 Å². The Hall–Kier alpha value is -0.610. The van der Waals surface area contributed by atoms with Crippen LogP contribution in [-0.4, -0.2) is 31.8 Å². The first-order chi connectivity index (χ1) is 9.04. The Bertz CT molecular complexity index is 275. The first kappa shape index (κ1) is 16.4. The molecule has 0 aromatic carbocycles. The maximum absolute atomic E-state index is 12.3. The first-order valence-corrected chi connectivity index (χ1v) is 7.53. The number of nitrogens with two attached hydrogens (primary N) is 1. The molecule has 4 heteroatoms. The molecule has 2 atom stereocenters. The van der Waals surface area contributed by atoms with Crippen molar-refractivity contribution in [2.75, 3.05) is 19.8 Å². The summed E-state index contributed by atoms with van der Waals surface area (Å²) in [4.78, 5) is 12.3. The standard InChI is InChI=1S/C15H29NO3/c1-4-18-14(17)15(11-16,10-12(2)3)8-7-13-6-5-9-19-13/h12-13H,4-11,16H2,1-3H3. The van der Waals surface area contributed by atoms with Crippen molar-refractivity contribution in [3.8, 4) is 0 Å². The van der Waals surface area contributed by atoms with Crippen molar-refractivity contribution in [2.45, 2.75) is 59.0 Å². The summed E-state index contributed by atoms with van der Waals surface area (Å²) < 4.78 is 10.9. The van der Waals surface area contributed by atoms with E-state index >= 15 is 0 Å². The third-order valence-electron chi connectivity index (χ3n) is 3.87. The minimum absolute atomic E-state index is 0.135. The van der Waals surface area contributed by atoms with Gasteiger partial charge < -0.3 is 15.2 Å². The van der Waals surface area contributed by atoms with Gasteiger partial charge in [0.05, 0.1) is 18.1 Å². The lowest BCUT2D eigenvalue weighted by Crippen LogP contribution is -2.41. The van der Waals surface area contributed by atoms with E-state index in [-0.39, 0.29) is 5.97 Å². The minimum Gasteiger partial charge on any atom is -0.466 e. The van der Waals surface area contributed by atoms with Crippen LogP contribution in [0.3, 0.4) is 0 Å². The molecule has 1 saturated heterocycles. The number of rotatable bonds is 8. The number of carbonyl (C=O) groups excluding carboxylic acids is 1. The van der Waals surface area contributed by atoms with Crippen molar-refractivity contribution in [1.29, 1.82) is 0 Å². The molecule has 1 fully saturated rings. The molecule has 0 aromatic rings. The van der Waals surface area contributed by atoms with Crippen molar-refractivity contribution in [1.82, 2.24) is 0 Å². The quantitative estimate of drug-likeness (QED) is 0.689. The zero-order chi connectivity index (χ0) is 14.3. The Morgan fingerprint density at radius 3 is 2.74 bits per heavy atom. The van der Waals surface area contributed by atoms with Gasteiger partial charge in [0.2, 0.25) is 0 Å². The molecule has 0 amide bonds. The molecular formula is C15H29NO3. The summed E-state index contributed by atoms with van der Waals surface area (Å²) in [6.45, 7) is 7.71. The fraction of sp³-hybridized carbons (Fsp3) is 0.933. The molecule has 0 aromatic heterocycles. The van der Waals surface area contributed by atoms with E-state index in [1.807, 2.05) is 6.92 Å². The Morgan fingerprint density at radius 1 is 1.53 bits per heavy atom. The van der Waals surface area contributed by atoms with Crippen LogP contribution in [0.5, 0.6) is 0 Å². The number of hydrogen-bond acceptors (Lipinski definition) is 4. The van der Waals surface area contributed by atoms with Crippen LogP contribution >= 0.6 is 0 Å². The van der Waals surface area contributed by atoms with E-state index in [0.717, 1.165) is 38.7 Å². The third-order valence-corrected chi connectivity index (χ3v) is 3.87. The summed E-state index contributed by atoms with van der Waals surface area (Å²) >= 11 is 0. The highest BCUT2D eigenvalue weighted by molar-refractivity contribution is 5.77. The molecule has 0 spiro atoms. The fourth-order valence-corrected chi connectivity index (χ4v) is 2.93. The second-order valence-electron chi connectivity index (χ2n) is 5.98. The van der Waals surface area contributed by atoms with Gasteiger partial charge in [-0.1, -0.05) is 13.8 Å². The normalized spacial score (nSPS) is 22.5. The molecule has 0 saturated carbocycles. The Kier molecular flexibility index (Phi) is 6.80. The lowest BCUT2D eigenvalue weighted by molar-refractivity contribution is -0.156.